The number of alkyl halides is 3. The van der Waals surface area contributed by atoms with Gasteiger partial charge in [-0.2, -0.15) is 13.2 Å². The minimum Gasteiger partial charge on any atom is -0.495 e. The van der Waals surface area contributed by atoms with Crippen LogP contribution in [0.5, 0.6) is 5.75 Å². The number of likely N-dealkylation sites (tertiary alicyclic amines) is 1. The molecule has 2 N–H and O–H groups in total. The number of hydrogen-bond donors (Lipinski definition) is 2. The molecule has 0 spiro atoms. The number of carbonyl (C=O) groups excluding carboxylic acids is 1. The molecule has 1 heterocycles. The van der Waals surface area contributed by atoms with Crippen LogP contribution in [0.25, 0.3) is 0 Å². The first kappa shape index (κ1) is 30.1. The number of nitrogens with zero attached hydrogens (tertiary/aromatic N) is 2. The Bertz CT molecular complexity index is 1080. The Morgan fingerprint density at radius 1 is 1.16 bits per heavy atom. The molecular formula is C24H27ClF5N3O4. The zero-order valence-electron chi connectivity index (χ0n) is 20.1. The van der Waals surface area contributed by atoms with Crippen LogP contribution < -0.4 is 10.1 Å². The van der Waals surface area contributed by atoms with E-state index >= 15 is 0 Å². The number of hydrogen-bond acceptors (Lipinski definition) is 4. The molecule has 0 bridgehead atoms. The van der Waals surface area contributed by atoms with Gasteiger partial charge in [0.25, 0.3) is 0 Å². The van der Waals surface area contributed by atoms with Crippen LogP contribution in [0.1, 0.15) is 24.0 Å². The van der Waals surface area contributed by atoms with Gasteiger partial charge in [0.05, 0.1) is 18.7 Å². The number of rotatable bonds is 6. The molecule has 1 aliphatic rings. The fourth-order valence-electron chi connectivity index (χ4n) is 3.60. The van der Waals surface area contributed by atoms with Gasteiger partial charge in [-0.3, -0.25) is 0 Å². The summed E-state index contributed by atoms with van der Waals surface area (Å²) in [6.45, 7) is 2.07. The summed E-state index contributed by atoms with van der Waals surface area (Å²) in [5, 5.41) is 10.5. The van der Waals surface area contributed by atoms with Gasteiger partial charge in [-0.25, -0.2) is 18.4 Å². The third-order valence-electron chi connectivity index (χ3n) is 5.65. The Balaban J connectivity index is 0.000000604. The predicted molar refractivity (Wildman–Crippen MR) is 126 cm³/mol. The van der Waals surface area contributed by atoms with E-state index in [1.807, 2.05) is 13.1 Å². The summed E-state index contributed by atoms with van der Waals surface area (Å²) in [6, 6.07) is 8.43. The van der Waals surface area contributed by atoms with Crippen LogP contribution in [0.2, 0.25) is 5.02 Å². The van der Waals surface area contributed by atoms with Gasteiger partial charge in [-0.15, -0.1) is 0 Å². The number of nitrogens with one attached hydrogen (secondary N) is 1. The van der Waals surface area contributed by atoms with Gasteiger partial charge in [0, 0.05) is 24.2 Å². The summed E-state index contributed by atoms with van der Waals surface area (Å²) in [7, 11) is 3.57. The summed E-state index contributed by atoms with van der Waals surface area (Å²) in [6.07, 6.45) is -3.50. The first-order chi connectivity index (χ1) is 17.3. The van der Waals surface area contributed by atoms with Crippen molar-refractivity contribution >= 4 is 23.6 Å². The number of ether oxygens (including phenoxy) is 1. The van der Waals surface area contributed by atoms with Gasteiger partial charge in [0.1, 0.15) is 17.4 Å². The molecule has 3 rings (SSSR count). The Morgan fingerprint density at radius 3 is 2.32 bits per heavy atom. The monoisotopic (exact) mass is 551 g/mol. The minimum atomic E-state index is -5.08. The maximum absolute atomic E-state index is 14.2. The third kappa shape index (κ3) is 9.36. The van der Waals surface area contributed by atoms with E-state index in [9.17, 15) is 26.7 Å². The summed E-state index contributed by atoms with van der Waals surface area (Å²) in [5.41, 5.74) is 1.12. The number of carboxylic acids is 1. The van der Waals surface area contributed by atoms with Gasteiger partial charge in [-0.05, 0) is 56.7 Å². The molecule has 1 saturated heterocycles. The van der Waals surface area contributed by atoms with E-state index in [-0.39, 0.29) is 25.2 Å². The lowest BCUT2D eigenvalue weighted by molar-refractivity contribution is -0.192. The number of methoxy groups -OCH3 is 1. The van der Waals surface area contributed by atoms with Crippen molar-refractivity contribution in [2.24, 2.45) is 0 Å². The second kappa shape index (κ2) is 13.4. The number of halogens is 6. The van der Waals surface area contributed by atoms with Crippen LogP contribution in [0.4, 0.5) is 26.7 Å². The Hall–Kier alpha value is -3.12. The molecule has 1 aliphatic heterocycles. The highest BCUT2D eigenvalue weighted by atomic mass is 35.5. The highest BCUT2D eigenvalue weighted by Gasteiger charge is 2.38. The zero-order chi connectivity index (χ0) is 27.8. The fourth-order valence-corrected chi connectivity index (χ4v) is 3.79. The number of benzene rings is 2. The molecule has 37 heavy (non-hydrogen) atoms. The predicted octanol–water partition coefficient (Wildman–Crippen LogP) is 5.07. The average Bonchev–Trinajstić information content (AvgIpc) is 2.83. The van der Waals surface area contributed by atoms with Crippen molar-refractivity contribution in [2.75, 3.05) is 27.2 Å². The molecule has 0 atom stereocenters. The maximum atomic E-state index is 14.2. The van der Waals surface area contributed by atoms with Crippen LogP contribution in [0.15, 0.2) is 36.4 Å². The first-order valence-electron chi connectivity index (χ1n) is 11.1. The lowest BCUT2D eigenvalue weighted by Crippen LogP contribution is -2.49. The Morgan fingerprint density at radius 2 is 1.78 bits per heavy atom. The highest BCUT2D eigenvalue weighted by Crippen LogP contribution is 2.25. The molecule has 2 aromatic rings. The van der Waals surface area contributed by atoms with Gasteiger partial charge in [-0.1, -0.05) is 23.7 Å². The second-order valence-corrected chi connectivity index (χ2v) is 8.74. The molecule has 0 aliphatic carbocycles. The van der Waals surface area contributed by atoms with Gasteiger partial charge >= 0.3 is 18.2 Å². The van der Waals surface area contributed by atoms with Crippen LogP contribution in [-0.4, -0.2) is 66.4 Å². The van der Waals surface area contributed by atoms with Gasteiger partial charge in [0.15, 0.2) is 0 Å². The molecule has 13 heteroatoms. The molecule has 1 fully saturated rings. The number of carboxylic acid groups (broad SMARTS) is 1. The van der Waals surface area contributed by atoms with Crippen molar-refractivity contribution in [3.8, 4) is 5.75 Å². The van der Waals surface area contributed by atoms with Gasteiger partial charge in [0.2, 0.25) is 0 Å². The molecule has 0 unspecified atom stereocenters. The van der Waals surface area contributed by atoms with E-state index in [0.29, 0.717) is 16.3 Å². The van der Waals surface area contributed by atoms with E-state index in [0.717, 1.165) is 37.6 Å². The first-order valence-corrected chi connectivity index (χ1v) is 11.5. The number of aliphatic carboxylic acids is 1. The van der Waals surface area contributed by atoms with E-state index in [2.05, 4.69) is 10.2 Å². The Kier molecular flexibility index (Phi) is 10.9. The standard InChI is InChI=1S/C22H26ClF2N3O2.C2HF3O2/c1-27-9-7-18(8-10-27)28(14-16-4-5-17(24)12-20(16)25)22(29)26-13-15-3-6-19(23)21(11-15)30-2;3-2(4,5)1(6)7/h3-6,11-12,18H,7-10,13-14H2,1-2H3,(H,26,29);(H,6,7). The highest BCUT2D eigenvalue weighted by molar-refractivity contribution is 6.32. The summed E-state index contributed by atoms with van der Waals surface area (Å²) >= 11 is 6.05. The fraction of sp³-hybridized carbons (Fsp3) is 0.417. The van der Waals surface area contributed by atoms with Crippen LogP contribution in [-0.2, 0) is 17.9 Å². The minimum absolute atomic E-state index is 0.0228. The summed E-state index contributed by atoms with van der Waals surface area (Å²) in [4.78, 5) is 25.8. The number of amides is 2. The van der Waals surface area contributed by atoms with E-state index in [4.69, 9.17) is 26.2 Å². The third-order valence-corrected chi connectivity index (χ3v) is 5.96. The quantitative estimate of drug-likeness (QED) is 0.490. The zero-order valence-corrected chi connectivity index (χ0v) is 20.9. The molecule has 7 nitrogen and oxygen atoms in total. The molecule has 0 saturated carbocycles. The van der Waals surface area contributed by atoms with Crippen LogP contribution >= 0.6 is 11.6 Å². The molecule has 0 aromatic heterocycles. The maximum Gasteiger partial charge on any atom is 0.490 e. The van der Waals surface area contributed by atoms with Crippen molar-refractivity contribution in [3.05, 3.63) is 64.2 Å². The van der Waals surface area contributed by atoms with Crippen LogP contribution in [0.3, 0.4) is 0 Å². The van der Waals surface area contributed by atoms with Crippen molar-refractivity contribution in [3.63, 3.8) is 0 Å². The van der Waals surface area contributed by atoms with Gasteiger partial charge < -0.3 is 25.0 Å². The number of carbonyl (C=O) groups is 2. The van der Waals surface area contributed by atoms with Crippen molar-refractivity contribution in [2.45, 2.75) is 38.1 Å². The van der Waals surface area contributed by atoms with E-state index in [1.165, 1.54) is 19.2 Å². The topological polar surface area (TPSA) is 82.1 Å². The van der Waals surface area contributed by atoms with E-state index in [1.54, 1.807) is 17.0 Å². The lowest BCUT2D eigenvalue weighted by atomic mass is 10.0. The lowest BCUT2D eigenvalue weighted by Gasteiger charge is -2.37. The normalized spacial score (nSPS) is 14.4. The molecule has 2 amide bonds. The average molecular weight is 552 g/mol. The van der Waals surface area contributed by atoms with E-state index < -0.39 is 23.8 Å². The SMILES string of the molecule is COc1cc(CNC(=O)N(Cc2ccc(F)cc2F)C2CCN(C)CC2)ccc1Cl.O=C(O)C(F)(F)F. The summed E-state index contributed by atoms with van der Waals surface area (Å²) < 4.78 is 64.5. The molecular weight excluding hydrogens is 525 g/mol. The second-order valence-electron chi connectivity index (χ2n) is 8.33. The summed E-state index contributed by atoms with van der Waals surface area (Å²) in [5.74, 6) is -3.51. The number of urea groups is 1. The molecule has 0 radical (unpaired) electrons. The molecule has 2 aromatic carbocycles. The van der Waals surface area contributed by atoms with Crippen molar-refractivity contribution < 1.29 is 41.4 Å². The van der Waals surface area contributed by atoms with Crippen molar-refractivity contribution in [1.29, 1.82) is 0 Å². The van der Waals surface area contributed by atoms with Crippen LogP contribution in [0, 0.1) is 11.6 Å². The largest absolute Gasteiger partial charge is 0.495 e. The Labute approximate surface area is 215 Å². The smallest absolute Gasteiger partial charge is 0.490 e. The van der Waals surface area contributed by atoms with Crippen molar-refractivity contribution in [1.82, 2.24) is 15.1 Å². The number of piperidine rings is 1. The molecule has 204 valence electrons.